The Morgan fingerprint density at radius 2 is 2.00 bits per heavy atom. The number of morpholine rings is 1. The van der Waals surface area contributed by atoms with E-state index >= 15 is 4.39 Å². The molecule has 4 aromatic rings. The first-order chi connectivity index (χ1) is 18.4. The van der Waals surface area contributed by atoms with Gasteiger partial charge in [0.2, 0.25) is 5.78 Å². The second-order valence-corrected chi connectivity index (χ2v) is 10.3. The Bertz CT molecular complexity index is 1480. The Kier molecular flexibility index (Phi) is 7.91. The lowest BCUT2D eigenvalue weighted by molar-refractivity contribution is 0.0360. The van der Waals surface area contributed by atoms with Gasteiger partial charge < -0.3 is 14.4 Å². The van der Waals surface area contributed by atoms with Crippen LogP contribution in [-0.2, 0) is 22.3 Å². The lowest BCUT2D eigenvalue weighted by Crippen LogP contribution is -2.38. The number of halogens is 2. The Balaban J connectivity index is 1.40. The summed E-state index contributed by atoms with van der Waals surface area (Å²) in [5, 5.41) is 4.88. The van der Waals surface area contributed by atoms with E-state index in [-0.39, 0.29) is 11.3 Å². The van der Waals surface area contributed by atoms with Gasteiger partial charge in [0.05, 0.1) is 37.2 Å². The van der Waals surface area contributed by atoms with E-state index in [0.29, 0.717) is 23.2 Å². The van der Waals surface area contributed by atoms with Gasteiger partial charge in [0.1, 0.15) is 22.5 Å². The van der Waals surface area contributed by atoms with Crippen molar-refractivity contribution in [2.24, 2.45) is 0 Å². The third-order valence-electron chi connectivity index (χ3n) is 6.42. The minimum absolute atomic E-state index is 0.0821. The number of carbonyl (C=O) groups excluding carboxylic acids is 1. The lowest BCUT2D eigenvalue weighted by atomic mass is 10.0. The molecule has 0 saturated carbocycles. The highest BCUT2D eigenvalue weighted by Crippen LogP contribution is 2.29. The molecule has 1 fully saturated rings. The molecule has 5 rings (SSSR count). The number of fused-ring (bicyclic) bond motifs is 1. The van der Waals surface area contributed by atoms with E-state index in [0.717, 1.165) is 62.7 Å². The number of aromatic amines is 1. The van der Waals surface area contributed by atoms with Crippen LogP contribution < -0.4 is 4.72 Å². The highest BCUT2D eigenvalue weighted by molar-refractivity contribution is 7.86. The number of benzene rings is 1. The second kappa shape index (κ2) is 11.5. The molecule has 1 atom stereocenters. The third-order valence-corrected chi connectivity index (χ3v) is 7.65. The number of ketones is 1. The topological polar surface area (TPSA) is 105 Å². The molecule has 1 aliphatic rings. The average molecular weight is 543 g/mol. The fourth-order valence-electron chi connectivity index (χ4n) is 4.39. The van der Waals surface area contributed by atoms with E-state index < -0.39 is 34.0 Å². The standard InChI is InChI=1S/C26H28F2N6O3S/c1-2-11-38(36)32-22-4-3-21(27)23(24(22)28)25(35)20-15-30-26-19(20)12-17(13-29-26)18-14-31-34(16-18)6-5-33-7-9-37-10-8-33/h3-4,12-16,32H,2,5-11H2,1H3,(H,29,30). The van der Waals surface area contributed by atoms with Gasteiger partial charge in [0.15, 0.2) is 5.82 Å². The predicted molar refractivity (Wildman–Crippen MR) is 141 cm³/mol. The minimum atomic E-state index is -1.55. The summed E-state index contributed by atoms with van der Waals surface area (Å²) in [4.78, 5) is 23.0. The van der Waals surface area contributed by atoms with Gasteiger partial charge in [-0.25, -0.2) is 18.0 Å². The number of carbonyl (C=O) groups is 1. The van der Waals surface area contributed by atoms with E-state index in [2.05, 4.69) is 24.7 Å². The molecule has 0 bridgehead atoms. The van der Waals surface area contributed by atoms with Crippen LogP contribution in [0, 0.1) is 11.6 Å². The number of anilines is 1. The van der Waals surface area contributed by atoms with Gasteiger partial charge >= 0.3 is 0 Å². The molecule has 38 heavy (non-hydrogen) atoms. The average Bonchev–Trinajstić information content (AvgIpc) is 3.57. The summed E-state index contributed by atoms with van der Waals surface area (Å²) in [6.07, 6.45) is 7.30. The number of H-pyrrole nitrogens is 1. The zero-order valence-electron chi connectivity index (χ0n) is 20.9. The molecule has 4 heterocycles. The Morgan fingerprint density at radius 1 is 1.18 bits per heavy atom. The van der Waals surface area contributed by atoms with Crippen molar-refractivity contribution < 1.29 is 22.5 Å². The zero-order valence-corrected chi connectivity index (χ0v) is 21.7. The van der Waals surface area contributed by atoms with E-state index in [4.69, 9.17) is 4.74 Å². The minimum Gasteiger partial charge on any atom is -0.379 e. The van der Waals surface area contributed by atoms with Crippen LogP contribution in [0.4, 0.5) is 14.5 Å². The fraction of sp³-hybridized carbons (Fsp3) is 0.346. The summed E-state index contributed by atoms with van der Waals surface area (Å²) >= 11 is 0. The number of nitrogens with one attached hydrogen (secondary N) is 2. The molecule has 1 unspecified atom stereocenters. The van der Waals surface area contributed by atoms with E-state index in [1.54, 1.807) is 18.5 Å². The Hall–Kier alpha value is -3.48. The number of hydrogen-bond donors (Lipinski definition) is 2. The second-order valence-electron chi connectivity index (χ2n) is 9.03. The van der Waals surface area contributed by atoms with Gasteiger partial charge in [-0.2, -0.15) is 5.10 Å². The van der Waals surface area contributed by atoms with E-state index in [1.807, 2.05) is 17.8 Å². The van der Waals surface area contributed by atoms with Gasteiger partial charge in [-0.15, -0.1) is 0 Å². The smallest absolute Gasteiger partial charge is 0.201 e. The molecule has 9 nitrogen and oxygen atoms in total. The van der Waals surface area contributed by atoms with Crippen LogP contribution >= 0.6 is 0 Å². The molecule has 0 spiro atoms. The van der Waals surface area contributed by atoms with Crippen molar-refractivity contribution in [2.75, 3.05) is 43.3 Å². The highest BCUT2D eigenvalue weighted by Gasteiger charge is 2.25. The highest BCUT2D eigenvalue weighted by atomic mass is 32.2. The summed E-state index contributed by atoms with van der Waals surface area (Å²) in [7, 11) is -1.55. The summed E-state index contributed by atoms with van der Waals surface area (Å²) < 4.78 is 51.7. The Morgan fingerprint density at radius 3 is 2.79 bits per heavy atom. The van der Waals surface area contributed by atoms with Crippen molar-refractivity contribution in [3.05, 3.63) is 65.7 Å². The van der Waals surface area contributed by atoms with Gasteiger partial charge in [-0.3, -0.25) is 14.4 Å². The molecule has 1 saturated heterocycles. The van der Waals surface area contributed by atoms with E-state index in [1.165, 1.54) is 6.20 Å². The summed E-state index contributed by atoms with van der Waals surface area (Å²) in [6.45, 7) is 6.68. The first-order valence-corrected chi connectivity index (χ1v) is 13.7. The van der Waals surface area contributed by atoms with Gasteiger partial charge in [-0.05, 0) is 24.6 Å². The summed E-state index contributed by atoms with van der Waals surface area (Å²) in [5.41, 5.74) is 1.11. The number of aromatic nitrogens is 4. The van der Waals surface area contributed by atoms with Gasteiger partial charge in [0.25, 0.3) is 0 Å². The number of pyridine rings is 1. The summed E-state index contributed by atoms with van der Waals surface area (Å²) in [6, 6.07) is 3.88. The van der Waals surface area contributed by atoms with Crippen LogP contribution in [0.15, 0.2) is 43.0 Å². The van der Waals surface area contributed by atoms with Crippen LogP contribution in [-0.4, -0.2) is 73.2 Å². The number of nitrogens with zero attached hydrogens (tertiary/aromatic N) is 4. The maximum absolute atomic E-state index is 15.2. The summed E-state index contributed by atoms with van der Waals surface area (Å²) in [5.74, 6) is -2.63. The molecule has 0 amide bonds. The monoisotopic (exact) mass is 542 g/mol. The van der Waals surface area contributed by atoms with Crippen LogP contribution in [0.3, 0.4) is 0 Å². The maximum Gasteiger partial charge on any atom is 0.201 e. The van der Waals surface area contributed by atoms with Crippen LogP contribution in [0.1, 0.15) is 29.3 Å². The van der Waals surface area contributed by atoms with Gasteiger partial charge in [-0.1, -0.05) is 6.92 Å². The predicted octanol–water partition coefficient (Wildman–Crippen LogP) is 3.75. The van der Waals surface area contributed by atoms with Crippen molar-refractivity contribution in [2.45, 2.75) is 19.9 Å². The maximum atomic E-state index is 15.2. The molecular formula is C26H28F2N6O3S. The van der Waals surface area contributed by atoms with Crippen molar-refractivity contribution in [3.8, 4) is 11.1 Å². The molecule has 0 radical (unpaired) electrons. The first-order valence-electron chi connectivity index (χ1n) is 12.4. The fourth-order valence-corrected chi connectivity index (χ4v) is 5.26. The number of hydrogen-bond acceptors (Lipinski definition) is 6. The third kappa shape index (κ3) is 5.52. The molecule has 1 aliphatic heterocycles. The first kappa shape index (κ1) is 26.1. The lowest BCUT2D eigenvalue weighted by Gasteiger charge is -2.26. The van der Waals surface area contributed by atoms with Crippen molar-refractivity contribution >= 4 is 33.5 Å². The molecule has 2 N–H and O–H groups in total. The molecule has 12 heteroatoms. The van der Waals surface area contributed by atoms with Crippen LogP contribution in [0.2, 0.25) is 0 Å². The molecular weight excluding hydrogens is 514 g/mol. The zero-order chi connectivity index (χ0) is 26.6. The Labute approximate surface area is 220 Å². The van der Waals surface area contributed by atoms with Crippen LogP contribution in [0.25, 0.3) is 22.2 Å². The molecule has 1 aromatic carbocycles. The normalized spacial score (nSPS) is 15.1. The number of rotatable bonds is 10. The molecule has 0 aliphatic carbocycles. The van der Waals surface area contributed by atoms with Crippen molar-refractivity contribution in [1.82, 2.24) is 24.6 Å². The van der Waals surface area contributed by atoms with Crippen LogP contribution in [0.5, 0.6) is 0 Å². The van der Waals surface area contributed by atoms with E-state index in [9.17, 15) is 13.4 Å². The SMILES string of the molecule is CCCS(=O)Nc1ccc(F)c(C(=O)c2c[nH]c3ncc(-c4cnn(CCN5CCOCC5)c4)cc23)c1F. The molecule has 3 aromatic heterocycles. The quantitative estimate of drug-likeness (QED) is 0.296. The number of ether oxygens (including phenoxy) is 1. The van der Waals surface area contributed by atoms with Crippen molar-refractivity contribution in [1.29, 1.82) is 0 Å². The van der Waals surface area contributed by atoms with Gasteiger partial charge in [0, 0.05) is 66.1 Å². The molecule has 200 valence electrons. The van der Waals surface area contributed by atoms with Crippen molar-refractivity contribution in [3.63, 3.8) is 0 Å². The largest absolute Gasteiger partial charge is 0.379 e.